The zero-order chi connectivity index (χ0) is 20.1. The maximum atomic E-state index is 13.1. The van der Waals surface area contributed by atoms with E-state index < -0.39 is 0 Å². The van der Waals surface area contributed by atoms with Crippen molar-refractivity contribution in [2.24, 2.45) is 5.92 Å². The van der Waals surface area contributed by atoms with Crippen LogP contribution in [0, 0.1) is 11.7 Å². The summed E-state index contributed by atoms with van der Waals surface area (Å²) in [6.07, 6.45) is 7.86. The van der Waals surface area contributed by atoms with E-state index in [0.29, 0.717) is 12.5 Å². The lowest BCUT2D eigenvalue weighted by Crippen LogP contribution is -2.35. The van der Waals surface area contributed by atoms with Crippen LogP contribution in [0.25, 0.3) is 10.4 Å². The summed E-state index contributed by atoms with van der Waals surface area (Å²) in [4.78, 5) is 22.7. The lowest BCUT2D eigenvalue weighted by atomic mass is 9.90. The van der Waals surface area contributed by atoms with Crippen molar-refractivity contribution in [2.75, 3.05) is 25.0 Å². The van der Waals surface area contributed by atoms with Crippen molar-refractivity contribution in [1.29, 1.82) is 0 Å². The molecular formula is C22H23FN4OS. The first-order valence-electron chi connectivity index (χ1n) is 9.79. The maximum Gasteiger partial charge on any atom is 0.188 e. The second-order valence-corrected chi connectivity index (χ2v) is 8.36. The predicted octanol–water partition coefficient (Wildman–Crippen LogP) is 4.54. The highest BCUT2D eigenvalue weighted by Gasteiger charge is 2.19. The summed E-state index contributed by atoms with van der Waals surface area (Å²) in [7, 11) is 0. The highest BCUT2D eigenvalue weighted by molar-refractivity contribution is 7.18. The molecule has 2 aromatic heterocycles. The predicted molar refractivity (Wildman–Crippen MR) is 114 cm³/mol. The van der Waals surface area contributed by atoms with E-state index in [-0.39, 0.29) is 5.82 Å². The number of anilines is 2. The van der Waals surface area contributed by atoms with E-state index in [2.05, 4.69) is 32.3 Å². The second kappa shape index (κ2) is 9.24. The van der Waals surface area contributed by atoms with Gasteiger partial charge in [-0.25, -0.2) is 14.4 Å². The van der Waals surface area contributed by atoms with E-state index in [1.54, 1.807) is 18.3 Å². The van der Waals surface area contributed by atoms with Crippen LogP contribution in [-0.2, 0) is 11.2 Å². The molecule has 1 aliphatic heterocycles. The zero-order valence-corrected chi connectivity index (χ0v) is 16.9. The lowest BCUT2D eigenvalue weighted by molar-refractivity contribution is -0.109. The molecule has 0 atom stereocenters. The molecule has 0 bridgehead atoms. The van der Waals surface area contributed by atoms with Gasteiger partial charge in [0, 0.05) is 12.4 Å². The van der Waals surface area contributed by atoms with E-state index >= 15 is 0 Å². The number of nitrogens with zero attached hydrogens (tertiary/aromatic N) is 3. The third-order valence-electron chi connectivity index (χ3n) is 5.26. The SMILES string of the molecule is O=CCN1CCC(Cc2ccnc(Nc3ncc(-c4ccc(F)cc4)s3)c2)CC1. The Balaban J connectivity index is 1.37. The summed E-state index contributed by atoms with van der Waals surface area (Å²) in [6.45, 7) is 2.53. The number of hydrogen-bond donors (Lipinski definition) is 1. The van der Waals surface area contributed by atoms with Crippen LogP contribution in [0.4, 0.5) is 15.3 Å². The fourth-order valence-electron chi connectivity index (χ4n) is 3.67. The average Bonchev–Trinajstić information content (AvgIpc) is 3.19. The Kier molecular flexibility index (Phi) is 6.27. The Morgan fingerprint density at radius 1 is 1.17 bits per heavy atom. The molecule has 1 aliphatic rings. The number of carbonyl (C=O) groups excluding carboxylic acids is 1. The molecule has 1 N–H and O–H groups in total. The monoisotopic (exact) mass is 410 g/mol. The van der Waals surface area contributed by atoms with Crippen molar-refractivity contribution < 1.29 is 9.18 Å². The number of thiazole rings is 1. The first kappa shape index (κ1) is 19.7. The molecule has 0 aliphatic carbocycles. The van der Waals surface area contributed by atoms with Gasteiger partial charge in [-0.15, -0.1) is 0 Å². The van der Waals surface area contributed by atoms with Crippen LogP contribution in [0.2, 0.25) is 0 Å². The van der Waals surface area contributed by atoms with Crippen molar-refractivity contribution in [2.45, 2.75) is 19.3 Å². The minimum absolute atomic E-state index is 0.243. The summed E-state index contributed by atoms with van der Waals surface area (Å²) in [6, 6.07) is 10.6. The topological polar surface area (TPSA) is 58.1 Å². The van der Waals surface area contributed by atoms with Gasteiger partial charge in [0.15, 0.2) is 5.13 Å². The normalized spacial score (nSPS) is 15.3. The Hall–Kier alpha value is -2.64. The van der Waals surface area contributed by atoms with Crippen LogP contribution in [0.5, 0.6) is 0 Å². The minimum Gasteiger partial charge on any atom is -0.316 e. The molecule has 0 amide bonds. The highest BCUT2D eigenvalue weighted by atomic mass is 32.1. The van der Waals surface area contributed by atoms with E-state index in [9.17, 15) is 9.18 Å². The first-order chi connectivity index (χ1) is 14.2. The molecule has 0 unspecified atom stereocenters. The van der Waals surface area contributed by atoms with E-state index in [0.717, 1.165) is 60.0 Å². The molecule has 1 fully saturated rings. The fraction of sp³-hybridized carbons (Fsp3) is 0.318. The molecule has 5 nitrogen and oxygen atoms in total. The highest BCUT2D eigenvalue weighted by Crippen LogP contribution is 2.30. The summed E-state index contributed by atoms with van der Waals surface area (Å²) in [5.74, 6) is 1.17. The Morgan fingerprint density at radius 3 is 2.72 bits per heavy atom. The molecule has 7 heteroatoms. The molecule has 0 saturated carbocycles. The maximum absolute atomic E-state index is 13.1. The molecule has 0 radical (unpaired) electrons. The number of aldehydes is 1. The summed E-state index contributed by atoms with van der Waals surface area (Å²) in [5, 5.41) is 4.04. The van der Waals surface area contributed by atoms with Gasteiger partial charge >= 0.3 is 0 Å². The Bertz CT molecular complexity index is 951. The molecule has 1 aromatic carbocycles. The number of pyridine rings is 1. The molecule has 3 aromatic rings. The second-order valence-electron chi connectivity index (χ2n) is 7.33. The van der Waals surface area contributed by atoms with Crippen molar-refractivity contribution in [3.8, 4) is 10.4 Å². The van der Waals surface area contributed by atoms with E-state index in [1.165, 1.54) is 29.0 Å². The van der Waals surface area contributed by atoms with Gasteiger partial charge in [-0.3, -0.25) is 4.90 Å². The molecule has 29 heavy (non-hydrogen) atoms. The largest absolute Gasteiger partial charge is 0.316 e. The Labute approximate surface area is 173 Å². The van der Waals surface area contributed by atoms with Gasteiger partial charge in [0.2, 0.25) is 0 Å². The van der Waals surface area contributed by atoms with Gasteiger partial charge in [-0.05, 0) is 73.7 Å². The van der Waals surface area contributed by atoms with Gasteiger partial charge < -0.3 is 10.1 Å². The zero-order valence-electron chi connectivity index (χ0n) is 16.1. The first-order valence-corrected chi connectivity index (χ1v) is 10.6. The third kappa shape index (κ3) is 5.25. The van der Waals surface area contributed by atoms with Crippen molar-refractivity contribution >= 4 is 28.6 Å². The molecule has 3 heterocycles. The van der Waals surface area contributed by atoms with Gasteiger partial charge in [-0.1, -0.05) is 23.5 Å². The Morgan fingerprint density at radius 2 is 1.97 bits per heavy atom. The summed E-state index contributed by atoms with van der Waals surface area (Å²) < 4.78 is 13.1. The number of halogens is 1. The van der Waals surface area contributed by atoms with Crippen molar-refractivity contribution in [3.63, 3.8) is 0 Å². The van der Waals surface area contributed by atoms with Crippen LogP contribution in [0.3, 0.4) is 0 Å². The van der Waals surface area contributed by atoms with Crippen LogP contribution in [-0.4, -0.2) is 40.8 Å². The third-order valence-corrected chi connectivity index (χ3v) is 6.22. The summed E-state index contributed by atoms with van der Waals surface area (Å²) in [5.41, 5.74) is 2.20. The van der Waals surface area contributed by atoms with Gasteiger partial charge in [0.05, 0.1) is 11.4 Å². The van der Waals surface area contributed by atoms with Gasteiger partial charge in [0.1, 0.15) is 17.9 Å². The quantitative estimate of drug-likeness (QED) is 0.580. The average molecular weight is 411 g/mol. The number of aromatic nitrogens is 2. The lowest BCUT2D eigenvalue weighted by Gasteiger charge is -2.30. The fourth-order valence-corrected chi connectivity index (χ4v) is 4.50. The van der Waals surface area contributed by atoms with Crippen LogP contribution < -0.4 is 5.32 Å². The smallest absolute Gasteiger partial charge is 0.188 e. The number of likely N-dealkylation sites (tertiary alicyclic amines) is 1. The number of hydrogen-bond acceptors (Lipinski definition) is 6. The molecule has 150 valence electrons. The van der Waals surface area contributed by atoms with Crippen LogP contribution >= 0.6 is 11.3 Å². The number of nitrogens with one attached hydrogen (secondary N) is 1. The number of carbonyl (C=O) groups is 1. The minimum atomic E-state index is -0.243. The van der Waals surface area contributed by atoms with Gasteiger partial charge in [0.25, 0.3) is 0 Å². The molecule has 4 rings (SSSR count). The van der Waals surface area contributed by atoms with Crippen molar-refractivity contribution in [3.05, 3.63) is 60.2 Å². The van der Waals surface area contributed by atoms with Crippen LogP contribution in [0.1, 0.15) is 18.4 Å². The number of rotatable bonds is 7. The van der Waals surface area contributed by atoms with E-state index in [4.69, 9.17) is 0 Å². The van der Waals surface area contributed by atoms with E-state index in [1.807, 2.05) is 6.20 Å². The molecule has 1 saturated heterocycles. The molecular weight excluding hydrogens is 387 g/mol. The standard InChI is InChI=1S/C22H23FN4OS/c23-19-3-1-18(2-4-19)20-15-25-22(29-20)26-21-14-17(5-8-24-21)13-16-6-9-27(10-7-16)11-12-28/h1-5,8,12,14-16H,6-7,9-11,13H2,(H,24,25,26). The summed E-state index contributed by atoms with van der Waals surface area (Å²) >= 11 is 1.51. The number of benzene rings is 1. The van der Waals surface area contributed by atoms with Gasteiger partial charge in [-0.2, -0.15) is 0 Å². The van der Waals surface area contributed by atoms with Crippen LogP contribution in [0.15, 0.2) is 48.8 Å². The van der Waals surface area contributed by atoms with Crippen molar-refractivity contribution in [1.82, 2.24) is 14.9 Å². The molecule has 0 spiro atoms. The number of piperidine rings is 1.